The van der Waals surface area contributed by atoms with Gasteiger partial charge in [-0.2, -0.15) is 5.10 Å². The maximum absolute atomic E-state index is 12.5. The Bertz CT molecular complexity index is 651. The second kappa shape index (κ2) is 8.16. The summed E-state index contributed by atoms with van der Waals surface area (Å²) in [6.07, 6.45) is 6.86. The number of hydrogen-bond acceptors (Lipinski definition) is 3. The Kier molecular flexibility index (Phi) is 5.71. The monoisotopic (exact) mass is 342 g/mol. The van der Waals surface area contributed by atoms with E-state index >= 15 is 0 Å². The molecule has 25 heavy (non-hydrogen) atoms. The zero-order chi connectivity index (χ0) is 17.5. The van der Waals surface area contributed by atoms with Crippen LogP contribution in [-0.4, -0.2) is 27.9 Å². The number of aliphatic hydroxyl groups excluding tert-OH is 1. The topological polar surface area (TPSA) is 90.0 Å². The molecule has 1 saturated carbocycles. The van der Waals surface area contributed by atoms with Crippen molar-refractivity contribution in [2.75, 3.05) is 6.61 Å². The fourth-order valence-corrected chi connectivity index (χ4v) is 3.77. The van der Waals surface area contributed by atoms with Crippen molar-refractivity contribution >= 4 is 6.03 Å². The van der Waals surface area contributed by atoms with Gasteiger partial charge in [-0.25, -0.2) is 4.79 Å². The fourth-order valence-electron chi connectivity index (χ4n) is 3.77. The molecule has 3 rings (SSSR count). The number of carbonyl (C=O) groups is 1. The second-order valence-electron chi connectivity index (χ2n) is 6.83. The normalized spacial score (nSPS) is 17.6. The maximum atomic E-state index is 12.5. The summed E-state index contributed by atoms with van der Waals surface area (Å²) < 4.78 is 0. The molecule has 0 spiro atoms. The third-order valence-electron chi connectivity index (χ3n) is 5.18. The fraction of sp³-hybridized carbons (Fsp3) is 0.474. The summed E-state index contributed by atoms with van der Waals surface area (Å²) in [5.41, 5.74) is 1.58. The Morgan fingerprint density at radius 1 is 1.20 bits per heavy atom. The van der Waals surface area contributed by atoms with Gasteiger partial charge in [-0.3, -0.25) is 5.10 Å². The third-order valence-corrected chi connectivity index (χ3v) is 5.18. The molecule has 2 aromatic rings. The number of aliphatic hydroxyl groups is 1. The number of amides is 2. The smallest absolute Gasteiger partial charge is 0.315 e. The van der Waals surface area contributed by atoms with Gasteiger partial charge in [0, 0.05) is 11.6 Å². The number of rotatable bonds is 6. The average molecular weight is 342 g/mol. The number of H-pyrrole nitrogens is 1. The molecule has 1 heterocycles. The molecule has 0 bridgehead atoms. The van der Waals surface area contributed by atoms with Crippen LogP contribution in [0.4, 0.5) is 4.79 Å². The van der Waals surface area contributed by atoms with Crippen LogP contribution in [0, 0.1) is 5.41 Å². The van der Waals surface area contributed by atoms with Crippen LogP contribution < -0.4 is 10.6 Å². The lowest BCUT2D eigenvalue weighted by Crippen LogP contribution is -2.47. The first-order chi connectivity index (χ1) is 12.2. The van der Waals surface area contributed by atoms with E-state index in [0.717, 1.165) is 36.9 Å². The van der Waals surface area contributed by atoms with Crippen LogP contribution in [-0.2, 0) is 6.54 Å². The highest BCUT2D eigenvalue weighted by Gasteiger charge is 2.41. The van der Waals surface area contributed by atoms with Gasteiger partial charge in [0.2, 0.25) is 0 Å². The molecule has 1 aliphatic rings. The first-order valence-electron chi connectivity index (χ1n) is 8.92. The summed E-state index contributed by atoms with van der Waals surface area (Å²) >= 11 is 0. The van der Waals surface area contributed by atoms with Gasteiger partial charge >= 0.3 is 6.03 Å². The molecule has 1 aliphatic carbocycles. The van der Waals surface area contributed by atoms with Gasteiger partial charge < -0.3 is 15.7 Å². The Hall–Kier alpha value is -2.34. The van der Waals surface area contributed by atoms with Crippen LogP contribution >= 0.6 is 0 Å². The molecule has 1 atom stereocenters. The number of nitrogens with zero attached hydrogens (tertiary/aromatic N) is 1. The van der Waals surface area contributed by atoms with E-state index in [0.29, 0.717) is 6.54 Å². The zero-order valence-electron chi connectivity index (χ0n) is 14.4. The molecule has 1 unspecified atom stereocenters. The Balaban J connectivity index is 1.75. The molecule has 6 nitrogen and oxygen atoms in total. The molecule has 0 radical (unpaired) electrons. The summed E-state index contributed by atoms with van der Waals surface area (Å²) in [7, 11) is 0. The van der Waals surface area contributed by atoms with Crippen molar-refractivity contribution in [3.63, 3.8) is 0 Å². The highest BCUT2D eigenvalue weighted by molar-refractivity contribution is 5.74. The largest absolute Gasteiger partial charge is 0.396 e. The third kappa shape index (κ3) is 4.20. The SMILES string of the molecule is O=C(NCc1ccn[nH]1)NC(c1ccccc1)C1(CO)CCCCC1. The number of aromatic amines is 1. The summed E-state index contributed by atoms with van der Waals surface area (Å²) in [5.74, 6) is 0. The average Bonchev–Trinajstić information content (AvgIpc) is 3.19. The van der Waals surface area contributed by atoms with E-state index in [2.05, 4.69) is 20.8 Å². The van der Waals surface area contributed by atoms with Gasteiger partial charge in [0.15, 0.2) is 0 Å². The lowest BCUT2D eigenvalue weighted by atomic mass is 9.67. The number of urea groups is 1. The summed E-state index contributed by atoms with van der Waals surface area (Å²) in [4.78, 5) is 12.5. The minimum Gasteiger partial charge on any atom is -0.396 e. The molecule has 4 N–H and O–H groups in total. The van der Waals surface area contributed by atoms with Crippen molar-refractivity contribution < 1.29 is 9.90 Å². The quantitative estimate of drug-likeness (QED) is 0.651. The van der Waals surface area contributed by atoms with Gasteiger partial charge in [-0.15, -0.1) is 0 Å². The Labute approximate surface area is 148 Å². The molecule has 6 heteroatoms. The van der Waals surface area contributed by atoms with E-state index < -0.39 is 0 Å². The van der Waals surface area contributed by atoms with Crippen LogP contribution in [0.5, 0.6) is 0 Å². The highest BCUT2D eigenvalue weighted by Crippen LogP contribution is 2.45. The van der Waals surface area contributed by atoms with Gasteiger partial charge in [0.1, 0.15) is 0 Å². The first-order valence-corrected chi connectivity index (χ1v) is 8.92. The highest BCUT2D eigenvalue weighted by atomic mass is 16.3. The van der Waals surface area contributed by atoms with Crippen molar-refractivity contribution in [2.45, 2.75) is 44.7 Å². The van der Waals surface area contributed by atoms with Crippen LogP contribution in [0.2, 0.25) is 0 Å². The number of benzene rings is 1. The molecule has 134 valence electrons. The van der Waals surface area contributed by atoms with E-state index in [9.17, 15) is 9.90 Å². The molecule has 0 saturated heterocycles. The predicted molar refractivity (Wildman–Crippen MR) is 95.7 cm³/mol. The number of nitrogens with one attached hydrogen (secondary N) is 3. The van der Waals surface area contributed by atoms with E-state index in [1.807, 2.05) is 36.4 Å². The van der Waals surface area contributed by atoms with E-state index in [-0.39, 0.29) is 24.1 Å². The van der Waals surface area contributed by atoms with Crippen molar-refractivity contribution in [3.8, 4) is 0 Å². The minimum atomic E-state index is -0.301. The van der Waals surface area contributed by atoms with E-state index in [1.165, 1.54) is 6.42 Å². The maximum Gasteiger partial charge on any atom is 0.315 e. The van der Waals surface area contributed by atoms with Crippen LogP contribution in [0.1, 0.15) is 49.4 Å². The molecular formula is C19H26N4O2. The molecule has 1 aromatic heterocycles. The first kappa shape index (κ1) is 17.5. The van der Waals surface area contributed by atoms with Crippen LogP contribution in [0.3, 0.4) is 0 Å². The van der Waals surface area contributed by atoms with Crippen LogP contribution in [0.25, 0.3) is 0 Å². The lowest BCUT2D eigenvalue weighted by molar-refractivity contribution is 0.0454. The van der Waals surface area contributed by atoms with Gasteiger partial charge in [-0.05, 0) is 24.5 Å². The number of aromatic nitrogens is 2. The van der Waals surface area contributed by atoms with Gasteiger partial charge in [-0.1, -0.05) is 49.6 Å². The van der Waals surface area contributed by atoms with Crippen molar-refractivity contribution in [2.24, 2.45) is 5.41 Å². The number of hydrogen-bond donors (Lipinski definition) is 4. The van der Waals surface area contributed by atoms with Crippen molar-refractivity contribution in [1.29, 1.82) is 0 Å². The Morgan fingerprint density at radius 2 is 1.96 bits per heavy atom. The predicted octanol–water partition coefficient (Wildman–Crippen LogP) is 2.89. The zero-order valence-corrected chi connectivity index (χ0v) is 14.4. The summed E-state index contributed by atoms with van der Waals surface area (Å²) in [6.45, 7) is 0.465. The van der Waals surface area contributed by atoms with E-state index in [1.54, 1.807) is 6.20 Å². The number of carbonyl (C=O) groups excluding carboxylic acids is 1. The van der Waals surface area contributed by atoms with Crippen molar-refractivity contribution in [3.05, 3.63) is 53.9 Å². The second-order valence-corrected chi connectivity index (χ2v) is 6.83. The standard InChI is InChI=1S/C19H26N4O2/c24-14-19(10-5-2-6-11-19)17(15-7-3-1-4-8-15)22-18(25)20-13-16-9-12-21-23-16/h1,3-4,7-9,12,17,24H,2,5-6,10-11,13-14H2,(H,21,23)(H2,20,22,25). The molecule has 2 amide bonds. The lowest BCUT2D eigenvalue weighted by Gasteiger charge is -2.43. The van der Waals surface area contributed by atoms with E-state index in [4.69, 9.17) is 0 Å². The summed E-state index contributed by atoms with van der Waals surface area (Å²) in [5, 5.41) is 22.9. The molecule has 1 fully saturated rings. The molecule has 1 aromatic carbocycles. The van der Waals surface area contributed by atoms with Crippen molar-refractivity contribution in [1.82, 2.24) is 20.8 Å². The summed E-state index contributed by atoms with van der Waals surface area (Å²) in [6, 6.07) is 11.3. The molecular weight excluding hydrogens is 316 g/mol. The molecule has 0 aliphatic heterocycles. The van der Waals surface area contributed by atoms with Gasteiger partial charge in [0.25, 0.3) is 0 Å². The Morgan fingerprint density at radius 3 is 2.60 bits per heavy atom. The van der Waals surface area contributed by atoms with Gasteiger partial charge in [0.05, 0.1) is 24.9 Å². The van der Waals surface area contributed by atoms with Crippen LogP contribution in [0.15, 0.2) is 42.6 Å². The minimum absolute atomic E-state index is 0.0768.